The molecule has 0 aromatic heterocycles. The second-order valence-corrected chi connectivity index (χ2v) is 13.0. The minimum absolute atomic E-state index is 0.0272. The van der Waals surface area contributed by atoms with Gasteiger partial charge in [-0.05, 0) is 50.4 Å². The lowest BCUT2D eigenvalue weighted by atomic mass is 10.0. The first-order chi connectivity index (χ1) is 23.9. The molecule has 13 N–H and O–H groups in total. The molecule has 1 saturated heterocycles. The highest BCUT2D eigenvalue weighted by Gasteiger charge is 2.36. The molecular formula is C31H54N10O10. The molecule has 288 valence electrons. The Hall–Kier alpha value is -5.01. The van der Waals surface area contributed by atoms with E-state index < -0.39 is 97.0 Å². The predicted molar refractivity (Wildman–Crippen MR) is 182 cm³/mol. The van der Waals surface area contributed by atoms with Crippen molar-refractivity contribution in [2.45, 2.75) is 103 Å². The molecule has 20 heteroatoms. The number of carbonyl (C=O) groups is 8. The Kier molecular flexibility index (Phi) is 18.9. The quantitative estimate of drug-likeness (QED) is 0.0300. The lowest BCUT2D eigenvalue weighted by Gasteiger charge is -2.27. The smallest absolute Gasteiger partial charge is 0.326 e. The number of hydrogen-bond acceptors (Lipinski definition) is 10. The minimum atomic E-state index is -1.55. The van der Waals surface area contributed by atoms with Crippen LogP contribution in [0.4, 0.5) is 0 Å². The van der Waals surface area contributed by atoms with Gasteiger partial charge in [-0.3, -0.25) is 39.0 Å². The van der Waals surface area contributed by atoms with Gasteiger partial charge in [-0.15, -0.1) is 0 Å². The zero-order chi connectivity index (χ0) is 38.8. The number of nitrogens with one attached hydrogen (secondary N) is 7. The van der Waals surface area contributed by atoms with Crippen molar-refractivity contribution in [1.29, 1.82) is 5.41 Å². The molecule has 0 aromatic rings. The van der Waals surface area contributed by atoms with E-state index >= 15 is 0 Å². The highest BCUT2D eigenvalue weighted by atomic mass is 16.4. The maximum Gasteiger partial charge on any atom is 0.326 e. The number of carbonyl (C=O) groups excluding carboxylic acids is 6. The molecule has 5 atom stereocenters. The summed E-state index contributed by atoms with van der Waals surface area (Å²) in [5.74, 6) is -7.61. The molecule has 1 heterocycles. The van der Waals surface area contributed by atoms with E-state index in [4.69, 9.17) is 22.0 Å². The number of amides is 6. The summed E-state index contributed by atoms with van der Waals surface area (Å²) in [4.78, 5) is 102. The fourth-order valence-electron chi connectivity index (χ4n) is 5.33. The van der Waals surface area contributed by atoms with E-state index in [1.165, 1.54) is 4.90 Å². The van der Waals surface area contributed by atoms with Crippen LogP contribution in [0.5, 0.6) is 0 Å². The van der Waals surface area contributed by atoms with E-state index in [0.29, 0.717) is 19.4 Å². The summed E-state index contributed by atoms with van der Waals surface area (Å²) in [7, 11) is 0. The van der Waals surface area contributed by atoms with Crippen LogP contribution in [0.25, 0.3) is 0 Å². The Bertz CT molecular complexity index is 1280. The SMILES string of the molecule is CC(C)C[C@H](NC(=O)[C@@H]1CCCN1C(=O)CN)C(=O)NCC(=O)N[C@H](C(=O)N[C@@H](CCCNC(=N)N)C(=O)N[C@@H](CCC(=O)O)C(=O)O)C(C)C. The number of rotatable bonds is 22. The van der Waals surface area contributed by atoms with Crippen molar-refractivity contribution in [2.24, 2.45) is 23.3 Å². The molecule has 0 bridgehead atoms. The summed E-state index contributed by atoms with van der Waals surface area (Å²) in [6.07, 6.45) is 0.470. The fraction of sp³-hybridized carbons (Fsp3) is 0.710. The van der Waals surface area contributed by atoms with E-state index in [0.717, 1.165) is 0 Å². The molecule has 1 rings (SSSR count). The topological polar surface area (TPSA) is 328 Å². The number of guanidine groups is 1. The van der Waals surface area contributed by atoms with Crippen LogP contribution in [0.1, 0.15) is 72.6 Å². The van der Waals surface area contributed by atoms with Crippen LogP contribution < -0.4 is 43.4 Å². The van der Waals surface area contributed by atoms with Crippen LogP contribution in [0.2, 0.25) is 0 Å². The second kappa shape index (κ2) is 21.9. The molecule has 1 aliphatic rings. The molecule has 0 spiro atoms. The molecule has 0 saturated carbocycles. The van der Waals surface area contributed by atoms with Gasteiger partial charge in [0.1, 0.15) is 30.2 Å². The zero-order valence-electron chi connectivity index (χ0n) is 29.6. The molecular weight excluding hydrogens is 672 g/mol. The van der Waals surface area contributed by atoms with Crippen molar-refractivity contribution in [1.82, 2.24) is 36.8 Å². The van der Waals surface area contributed by atoms with Crippen molar-refractivity contribution < 1.29 is 48.6 Å². The van der Waals surface area contributed by atoms with E-state index in [1.54, 1.807) is 13.8 Å². The summed E-state index contributed by atoms with van der Waals surface area (Å²) in [6, 6.07) is -5.86. The number of carboxylic acids is 2. The number of carboxylic acid groups (broad SMARTS) is 2. The van der Waals surface area contributed by atoms with Gasteiger partial charge in [-0.1, -0.05) is 27.7 Å². The number of nitrogens with zero attached hydrogens (tertiary/aromatic N) is 1. The summed E-state index contributed by atoms with van der Waals surface area (Å²) >= 11 is 0. The Morgan fingerprint density at radius 3 is 2.04 bits per heavy atom. The van der Waals surface area contributed by atoms with E-state index in [9.17, 15) is 43.5 Å². The van der Waals surface area contributed by atoms with Crippen molar-refractivity contribution >= 4 is 53.3 Å². The minimum Gasteiger partial charge on any atom is -0.481 e. The molecule has 1 aliphatic heterocycles. The average Bonchev–Trinajstić information content (AvgIpc) is 3.54. The highest BCUT2D eigenvalue weighted by molar-refractivity contribution is 5.96. The Morgan fingerprint density at radius 2 is 1.49 bits per heavy atom. The Labute approximate surface area is 296 Å². The van der Waals surface area contributed by atoms with Crippen LogP contribution in [0.3, 0.4) is 0 Å². The maximum absolute atomic E-state index is 13.4. The summed E-state index contributed by atoms with van der Waals surface area (Å²) in [5, 5.41) is 40.7. The summed E-state index contributed by atoms with van der Waals surface area (Å²) < 4.78 is 0. The van der Waals surface area contributed by atoms with Gasteiger partial charge < -0.3 is 58.5 Å². The molecule has 0 unspecified atom stereocenters. The average molecular weight is 727 g/mol. The number of nitrogens with two attached hydrogens (primary N) is 2. The molecule has 0 aliphatic carbocycles. The number of likely N-dealkylation sites (tertiary alicyclic amines) is 1. The predicted octanol–water partition coefficient (Wildman–Crippen LogP) is -3.09. The van der Waals surface area contributed by atoms with Crippen LogP contribution in [-0.2, 0) is 38.4 Å². The Balaban J connectivity index is 2.98. The first-order valence-electron chi connectivity index (χ1n) is 16.9. The molecule has 1 fully saturated rings. The van der Waals surface area contributed by atoms with Gasteiger partial charge in [0.15, 0.2) is 5.96 Å². The zero-order valence-corrected chi connectivity index (χ0v) is 29.6. The van der Waals surface area contributed by atoms with Crippen molar-refractivity contribution in [3.63, 3.8) is 0 Å². The lowest BCUT2D eigenvalue weighted by Crippen LogP contribution is -2.58. The fourth-order valence-corrected chi connectivity index (χ4v) is 5.33. The van der Waals surface area contributed by atoms with Crippen molar-refractivity contribution in [2.75, 3.05) is 26.2 Å². The van der Waals surface area contributed by atoms with Gasteiger partial charge in [0.25, 0.3) is 0 Å². The van der Waals surface area contributed by atoms with Crippen LogP contribution in [0.15, 0.2) is 0 Å². The third-order valence-corrected chi connectivity index (χ3v) is 7.96. The van der Waals surface area contributed by atoms with Crippen LogP contribution in [0, 0.1) is 17.2 Å². The first-order valence-corrected chi connectivity index (χ1v) is 16.9. The summed E-state index contributed by atoms with van der Waals surface area (Å²) in [5.41, 5.74) is 10.8. The van der Waals surface area contributed by atoms with Crippen molar-refractivity contribution in [3.8, 4) is 0 Å². The highest BCUT2D eigenvalue weighted by Crippen LogP contribution is 2.18. The summed E-state index contributed by atoms with van der Waals surface area (Å²) in [6.45, 7) is 6.63. The van der Waals surface area contributed by atoms with Gasteiger partial charge >= 0.3 is 11.9 Å². The van der Waals surface area contributed by atoms with Gasteiger partial charge in [0.2, 0.25) is 35.4 Å². The molecule has 20 nitrogen and oxygen atoms in total. The molecule has 0 radical (unpaired) electrons. The van der Waals surface area contributed by atoms with E-state index in [1.807, 2.05) is 13.8 Å². The molecule has 6 amide bonds. The third kappa shape index (κ3) is 16.0. The van der Waals surface area contributed by atoms with E-state index in [2.05, 4.69) is 31.9 Å². The Morgan fingerprint density at radius 1 is 0.843 bits per heavy atom. The van der Waals surface area contributed by atoms with Crippen LogP contribution >= 0.6 is 0 Å². The molecule has 0 aromatic carbocycles. The maximum atomic E-state index is 13.4. The largest absolute Gasteiger partial charge is 0.481 e. The normalized spacial score (nSPS) is 16.3. The van der Waals surface area contributed by atoms with Crippen LogP contribution in [-0.4, -0.2) is 125 Å². The van der Waals surface area contributed by atoms with Gasteiger partial charge in [0, 0.05) is 19.5 Å². The third-order valence-electron chi connectivity index (χ3n) is 7.96. The van der Waals surface area contributed by atoms with E-state index in [-0.39, 0.29) is 50.1 Å². The molecule has 51 heavy (non-hydrogen) atoms. The number of hydrogen-bond donors (Lipinski definition) is 11. The lowest BCUT2D eigenvalue weighted by molar-refractivity contribution is -0.143. The number of aliphatic carboxylic acids is 2. The van der Waals surface area contributed by atoms with Gasteiger partial charge in [-0.2, -0.15) is 0 Å². The first kappa shape index (κ1) is 44.0. The second-order valence-electron chi connectivity index (χ2n) is 13.0. The standard InChI is InChI=1S/C31H54N10O10/c1-16(2)13-20(39-28(48)21-8-6-12-41(21)23(43)14-32)26(46)36-15-22(42)40-25(17(3)4)29(49)37-18(7-5-11-35-31(33)34)27(47)38-19(30(50)51)9-10-24(44)45/h16-21,25H,5-15,32H2,1-4H3,(H,36,46)(H,37,49)(H,38,47)(H,39,48)(H,40,42)(H,44,45)(H,50,51)(H4,33,34,35)/t18-,19-,20-,21-,25-/m0/s1. The van der Waals surface area contributed by atoms with Crippen molar-refractivity contribution in [3.05, 3.63) is 0 Å². The van der Waals surface area contributed by atoms with Gasteiger partial charge in [-0.25, -0.2) is 4.79 Å². The monoisotopic (exact) mass is 726 g/mol. The van der Waals surface area contributed by atoms with Gasteiger partial charge in [0.05, 0.1) is 13.1 Å².